The Hall–Kier alpha value is -7.12. The Balaban J connectivity index is 0.000000385. The number of halogens is 20. The smallest absolute Gasteiger partial charge is 0.418 e. The third kappa shape index (κ3) is 25.1. The second-order valence-electron chi connectivity index (χ2n) is 22.0. The summed E-state index contributed by atoms with van der Waals surface area (Å²) in [6, 6.07) is 29.7. The Morgan fingerprint density at radius 2 is 0.440 bits per heavy atom. The molecule has 0 aliphatic carbocycles. The van der Waals surface area contributed by atoms with E-state index in [0.29, 0.717) is 0 Å². The number of hydrogen-bond donors (Lipinski definition) is 0. The van der Waals surface area contributed by atoms with Crippen molar-refractivity contribution in [1.82, 2.24) is 39.6 Å². The summed E-state index contributed by atoms with van der Waals surface area (Å²) in [5, 5.41) is 34.1. The summed E-state index contributed by atoms with van der Waals surface area (Å²) in [5.74, 6) is 0. The SMILES string of the molecule is CC#N.CC#N.Cc1cc(C)c(-n2n[n+](C)c(-c3ccc(-c4c(Br)n(-c5c(C)cc(C)cc5C)n[n+]4C)s3)c2Br)c(C)c1.Cc1cc(C)c(-n2n[n+](C)c(-c3ccc(-c4c(Br)n(-c5c(C)cc(C)cc5C)n[n+]4C)s3)c2Br)c(C)c1.F[B-](F)(F)F.F[B-](F)(F)F.F[B-](F)(F)F.F[B-](F)(F)F. The Morgan fingerprint density at radius 1 is 0.320 bits per heavy atom. The van der Waals surface area contributed by atoms with Crippen LogP contribution >= 0.6 is 86.4 Å². The van der Waals surface area contributed by atoms with E-state index in [2.05, 4.69) is 220 Å². The highest BCUT2D eigenvalue weighted by atomic mass is 79.9. The predicted octanol–water partition coefficient (Wildman–Crippen LogP) is 19.2. The van der Waals surface area contributed by atoms with Crippen LogP contribution in [0.5, 0.6) is 0 Å². The van der Waals surface area contributed by atoms with Crippen molar-refractivity contribution in [3.63, 3.8) is 0 Å². The van der Waals surface area contributed by atoms with Crippen LogP contribution in [0.2, 0.25) is 0 Å². The average molecular weight is 1710 g/mol. The monoisotopic (exact) mass is 1710 g/mol. The lowest BCUT2D eigenvalue weighted by atomic mass is 10.1. The Kier molecular flexibility index (Phi) is 31.5. The summed E-state index contributed by atoms with van der Waals surface area (Å²) >= 11 is 18.9. The molecular formula is C60H66B4Br4F16N14S2. The fourth-order valence-electron chi connectivity index (χ4n) is 10.6. The molecule has 4 aromatic carbocycles. The van der Waals surface area contributed by atoms with Gasteiger partial charge < -0.3 is 69.1 Å². The quantitative estimate of drug-likeness (QED) is 0.0845. The fraction of sp³-hybridized carbons (Fsp3) is 0.300. The van der Waals surface area contributed by atoms with E-state index in [-0.39, 0.29) is 0 Å². The zero-order chi connectivity index (χ0) is 76.9. The Morgan fingerprint density at radius 3 is 0.560 bits per heavy atom. The van der Waals surface area contributed by atoms with E-state index in [1.165, 1.54) is 80.6 Å². The zero-order valence-corrected chi connectivity index (χ0v) is 64.9. The number of aryl methyl sites for hydroxylation is 16. The van der Waals surface area contributed by atoms with E-state index in [9.17, 15) is 69.1 Å². The Bertz CT molecular complexity index is 3930. The van der Waals surface area contributed by atoms with E-state index in [0.717, 1.165) is 83.4 Å². The first-order valence-electron chi connectivity index (χ1n) is 29.0. The minimum Gasteiger partial charge on any atom is -0.418 e. The van der Waals surface area contributed by atoms with Crippen LogP contribution in [0.25, 0.3) is 65.0 Å². The van der Waals surface area contributed by atoms with Crippen molar-refractivity contribution < 1.29 is 87.8 Å². The molecule has 0 amide bonds. The first-order chi connectivity index (χ1) is 45.8. The summed E-state index contributed by atoms with van der Waals surface area (Å²) < 4.78 is 175. The van der Waals surface area contributed by atoms with Crippen molar-refractivity contribution >= 4 is 115 Å². The fourth-order valence-corrected chi connectivity index (χ4v) is 16.4. The van der Waals surface area contributed by atoms with E-state index in [1.807, 2.05) is 65.6 Å². The van der Waals surface area contributed by atoms with Gasteiger partial charge in [0, 0.05) is 77.6 Å². The van der Waals surface area contributed by atoms with Crippen LogP contribution in [0, 0.1) is 106 Å². The van der Waals surface area contributed by atoms with Gasteiger partial charge in [-0.15, -0.1) is 41.4 Å². The van der Waals surface area contributed by atoms with Crippen LogP contribution in [-0.2, 0) is 28.2 Å². The van der Waals surface area contributed by atoms with Gasteiger partial charge in [-0.2, -0.15) is 10.5 Å². The summed E-state index contributed by atoms with van der Waals surface area (Å²) in [6.45, 7) is 28.5. The number of nitriles is 2. The second kappa shape index (κ2) is 36.2. The van der Waals surface area contributed by atoms with E-state index < -0.39 is 29.0 Å². The summed E-state index contributed by atoms with van der Waals surface area (Å²) in [4.78, 5) is 4.50. The van der Waals surface area contributed by atoms with Gasteiger partial charge in [-0.05, 0) is 152 Å². The van der Waals surface area contributed by atoms with Gasteiger partial charge >= 0.3 is 29.0 Å². The highest BCUT2D eigenvalue weighted by Crippen LogP contribution is 2.41. The van der Waals surface area contributed by atoms with E-state index in [1.54, 1.807) is 34.8 Å². The molecule has 0 fully saturated rings. The molecule has 6 heterocycles. The highest BCUT2D eigenvalue weighted by Gasteiger charge is 2.35. The van der Waals surface area contributed by atoms with Gasteiger partial charge in [0.05, 0.1) is 52.5 Å². The lowest BCUT2D eigenvalue weighted by Gasteiger charge is -2.06. The molecule has 0 atom stereocenters. The number of rotatable bonds is 8. The van der Waals surface area contributed by atoms with Crippen LogP contribution in [0.4, 0.5) is 69.1 Å². The van der Waals surface area contributed by atoms with Crippen molar-refractivity contribution in [2.24, 2.45) is 28.2 Å². The maximum absolute atomic E-state index is 9.75. The second-order valence-corrected chi connectivity index (χ2v) is 27.2. The molecule has 0 bridgehead atoms. The molecule has 100 heavy (non-hydrogen) atoms. The van der Waals surface area contributed by atoms with E-state index >= 15 is 0 Å². The molecule has 0 saturated heterocycles. The van der Waals surface area contributed by atoms with Gasteiger partial charge in [0.15, 0.2) is 22.7 Å². The number of aromatic nitrogens is 12. The molecule has 540 valence electrons. The minimum absolute atomic E-state index is 0.934. The molecule has 0 aliphatic heterocycles. The first kappa shape index (κ1) is 87.1. The van der Waals surface area contributed by atoms with Gasteiger partial charge in [-0.3, -0.25) is 0 Å². The van der Waals surface area contributed by atoms with Crippen LogP contribution < -0.4 is 18.7 Å². The van der Waals surface area contributed by atoms with Crippen molar-refractivity contribution in [1.29, 1.82) is 10.5 Å². The van der Waals surface area contributed by atoms with Crippen LogP contribution in [-0.4, -0.2) is 68.6 Å². The lowest BCUT2D eigenvalue weighted by Crippen LogP contribution is -2.33. The van der Waals surface area contributed by atoms with Crippen molar-refractivity contribution in [3.05, 3.63) is 158 Å². The topological polar surface area (TPSA) is 134 Å². The van der Waals surface area contributed by atoms with Crippen LogP contribution in [0.1, 0.15) is 80.6 Å². The normalized spacial score (nSPS) is 11.1. The number of nitrogens with zero attached hydrogens (tertiary/aromatic N) is 14. The van der Waals surface area contributed by atoms with Crippen molar-refractivity contribution in [2.75, 3.05) is 0 Å². The largest absolute Gasteiger partial charge is 0.673 e. The van der Waals surface area contributed by atoms with Gasteiger partial charge in [-0.1, -0.05) is 89.5 Å². The third-order valence-corrected chi connectivity index (χ3v) is 18.3. The molecule has 0 N–H and O–H groups in total. The molecule has 14 nitrogen and oxygen atoms in total. The molecule has 10 rings (SSSR count). The first-order valence-corrected chi connectivity index (χ1v) is 33.8. The highest BCUT2D eigenvalue weighted by molar-refractivity contribution is 9.11. The van der Waals surface area contributed by atoms with E-state index in [4.69, 9.17) is 31.4 Å². The number of hydrogen-bond acceptors (Lipinski definition) is 8. The summed E-state index contributed by atoms with van der Waals surface area (Å²) in [5.41, 5.74) is 23.2. The predicted molar refractivity (Wildman–Crippen MR) is 375 cm³/mol. The van der Waals surface area contributed by atoms with Crippen LogP contribution in [0.3, 0.4) is 0 Å². The molecule has 0 unspecified atom stereocenters. The molecule has 0 saturated carbocycles. The van der Waals surface area contributed by atoms with Crippen molar-refractivity contribution in [3.8, 4) is 77.2 Å². The molecule has 6 aromatic heterocycles. The third-order valence-electron chi connectivity index (χ3n) is 13.2. The number of benzene rings is 4. The molecule has 0 spiro atoms. The molecular weight excluding hydrogens is 1650 g/mol. The zero-order valence-electron chi connectivity index (χ0n) is 56.9. The molecule has 0 aliphatic rings. The maximum atomic E-state index is 9.75. The average Bonchev–Trinajstić information content (AvgIpc) is 1.61. The molecule has 0 radical (unpaired) electrons. The summed E-state index contributed by atoms with van der Waals surface area (Å²) in [7, 11) is -16.0. The van der Waals surface area contributed by atoms with Crippen molar-refractivity contribution in [2.45, 2.75) is 96.9 Å². The summed E-state index contributed by atoms with van der Waals surface area (Å²) in [6.07, 6.45) is 0. The Labute approximate surface area is 609 Å². The molecule has 10 aromatic rings. The van der Waals surface area contributed by atoms with Crippen LogP contribution in [0.15, 0.2) is 91.2 Å². The standard InChI is InChI=1S/2C28H30Br2N6S.2C2H3N.4BF4/c2*1-15-11-17(3)23(18(4)12-15)35-27(29)25(33(7)31-35)21-9-10-22(37-21)26-28(30)36(32-34(26)8)24-19(5)13-16(2)14-20(24)6;2*1-2-3;4*2-1(3,4)5/h2*9-14H,1-8H3;2*1H3;;;;/q2*+2;;;4*-1. The molecule has 40 heteroatoms. The lowest BCUT2D eigenvalue weighted by molar-refractivity contribution is -0.721. The maximum Gasteiger partial charge on any atom is 0.673 e. The number of thiophene rings is 2. The van der Waals surface area contributed by atoms with Gasteiger partial charge in [0.2, 0.25) is 41.2 Å². The minimum atomic E-state index is -6.00. The van der Waals surface area contributed by atoms with Gasteiger partial charge in [-0.25, -0.2) is 0 Å². The van der Waals surface area contributed by atoms with Gasteiger partial charge in [0.1, 0.15) is 28.2 Å². The van der Waals surface area contributed by atoms with Gasteiger partial charge in [0.25, 0.3) is 0 Å².